The standard InChI is InChI=1S/C12H9ClF3NO3/c1-19-6-4-7(20-2)11-9(10(6)13)5(18)3-8(17-11)12(14,15)16/h3-4H,1-2H3,(H,17,18). The molecule has 0 aliphatic heterocycles. The number of alkyl halides is 3. The van der Waals surface area contributed by atoms with Crippen LogP contribution in [0, 0.1) is 0 Å². The van der Waals surface area contributed by atoms with Gasteiger partial charge >= 0.3 is 6.18 Å². The number of aromatic amines is 1. The number of pyridine rings is 1. The molecule has 0 amide bonds. The van der Waals surface area contributed by atoms with Crippen LogP contribution in [-0.2, 0) is 6.18 Å². The summed E-state index contributed by atoms with van der Waals surface area (Å²) in [5.41, 5.74) is -2.17. The number of methoxy groups -OCH3 is 2. The number of fused-ring (bicyclic) bond motifs is 1. The first-order valence-electron chi connectivity index (χ1n) is 5.34. The van der Waals surface area contributed by atoms with Crippen molar-refractivity contribution in [1.82, 2.24) is 4.98 Å². The van der Waals surface area contributed by atoms with Crippen molar-refractivity contribution in [2.45, 2.75) is 6.18 Å². The van der Waals surface area contributed by atoms with Gasteiger partial charge in [-0.2, -0.15) is 13.2 Å². The molecular weight excluding hydrogens is 299 g/mol. The van der Waals surface area contributed by atoms with E-state index in [0.29, 0.717) is 6.07 Å². The SMILES string of the molecule is COc1cc(OC)c2[nH]c(C(F)(F)F)cc(=O)c2c1Cl. The van der Waals surface area contributed by atoms with E-state index in [4.69, 9.17) is 21.1 Å². The fourth-order valence-corrected chi connectivity index (χ4v) is 2.12. The van der Waals surface area contributed by atoms with Crippen molar-refractivity contribution < 1.29 is 22.6 Å². The molecule has 0 aliphatic rings. The van der Waals surface area contributed by atoms with Crippen molar-refractivity contribution in [3.8, 4) is 11.5 Å². The molecule has 2 rings (SSSR count). The average Bonchev–Trinajstić information content (AvgIpc) is 2.37. The van der Waals surface area contributed by atoms with Crippen LogP contribution in [0.15, 0.2) is 16.9 Å². The molecule has 0 saturated heterocycles. The highest BCUT2D eigenvalue weighted by Gasteiger charge is 2.33. The highest BCUT2D eigenvalue weighted by atomic mass is 35.5. The second-order valence-corrected chi connectivity index (χ2v) is 4.27. The number of hydrogen-bond acceptors (Lipinski definition) is 3. The van der Waals surface area contributed by atoms with E-state index in [-0.39, 0.29) is 27.4 Å². The molecule has 108 valence electrons. The number of nitrogens with one attached hydrogen (secondary N) is 1. The van der Waals surface area contributed by atoms with Crippen molar-refractivity contribution in [1.29, 1.82) is 0 Å². The lowest BCUT2D eigenvalue weighted by atomic mass is 10.1. The summed E-state index contributed by atoms with van der Waals surface area (Å²) in [5, 5.41) is -0.186. The first-order chi connectivity index (χ1) is 9.29. The number of hydrogen-bond donors (Lipinski definition) is 1. The molecule has 0 radical (unpaired) electrons. The predicted octanol–water partition coefficient (Wildman–Crippen LogP) is 3.22. The molecule has 8 heteroatoms. The van der Waals surface area contributed by atoms with Crippen LogP contribution in [-0.4, -0.2) is 19.2 Å². The van der Waals surface area contributed by atoms with Crippen LogP contribution in [0.2, 0.25) is 5.02 Å². The Labute approximate surface area is 116 Å². The molecule has 0 aliphatic carbocycles. The van der Waals surface area contributed by atoms with Gasteiger partial charge in [0.05, 0.1) is 30.1 Å². The van der Waals surface area contributed by atoms with Crippen molar-refractivity contribution >= 4 is 22.5 Å². The summed E-state index contributed by atoms with van der Waals surface area (Å²) in [4.78, 5) is 14.0. The van der Waals surface area contributed by atoms with Crippen molar-refractivity contribution in [2.75, 3.05) is 14.2 Å². The topological polar surface area (TPSA) is 51.3 Å². The lowest BCUT2D eigenvalue weighted by Gasteiger charge is -2.13. The zero-order chi connectivity index (χ0) is 15.1. The smallest absolute Gasteiger partial charge is 0.431 e. The molecule has 0 saturated carbocycles. The predicted molar refractivity (Wildman–Crippen MR) is 67.7 cm³/mol. The summed E-state index contributed by atoms with van der Waals surface area (Å²) < 4.78 is 48.1. The number of H-pyrrole nitrogens is 1. The Balaban J connectivity index is 2.94. The van der Waals surface area contributed by atoms with Crippen molar-refractivity contribution in [2.24, 2.45) is 0 Å². The van der Waals surface area contributed by atoms with Crippen LogP contribution in [0.3, 0.4) is 0 Å². The quantitative estimate of drug-likeness (QED) is 0.927. The Morgan fingerprint density at radius 3 is 2.25 bits per heavy atom. The van der Waals surface area contributed by atoms with E-state index in [9.17, 15) is 18.0 Å². The Morgan fingerprint density at radius 1 is 1.15 bits per heavy atom. The highest BCUT2D eigenvalue weighted by Crippen LogP contribution is 2.38. The van der Waals surface area contributed by atoms with E-state index in [2.05, 4.69) is 4.98 Å². The number of rotatable bonds is 2. The van der Waals surface area contributed by atoms with Gasteiger partial charge in [-0.25, -0.2) is 0 Å². The Bertz CT molecular complexity index is 724. The van der Waals surface area contributed by atoms with Gasteiger partial charge < -0.3 is 14.5 Å². The number of benzene rings is 1. The van der Waals surface area contributed by atoms with Gasteiger partial charge in [0.2, 0.25) is 0 Å². The third-order valence-electron chi connectivity index (χ3n) is 2.72. The number of halogens is 4. The van der Waals surface area contributed by atoms with Crippen molar-refractivity contribution in [3.05, 3.63) is 33.1 Å². The van der Waals surface area contributed by atoms with Gasteiger partial charge in [-0.05, 0) is 0 Å². The van der Waals surface area contributed by atoms with Crippen LogP contribution in [0.1, 0.15) is 5.69 Å². The van der Waals surface area contributed by atoms with Gasteiger partial charge in [0.15, 0.2) is 5.43 Å². The molecule has 0 bridgehead atoms. The first kappa shape index (κ1) is 14.5. The summed E-state index contributed by atoms with van der Waals surface area (Å²) in [6.45, 7) is 0. The fourth-order valence-electron chi connectivity index (χ4n) is 1.80. The van der Waals surface area contributed by atoms with E-state index in [1.165, 1.54) is 20.3 Å². The Morgan fingerprint density at radius 2 is 1.75 bits per heavy atom. The minimum atomic E-state index is -4.68. The number of ether oxygens (including phenoxy) is 2. The summed E-state index contributed by atoms with van der Waals surface area (Å²) in [6, 6.07) is 1.76. The molecule has 1 aromatic carbocycles. The van der Waals surface area contributed by atoms with Gasteiger partial charge in [0.25, 0.3) is 0 Å². The van der Waals surface area contributed by atoms with Crippen LogP contribution in [0.25, 0.3) is 10.9 Å². The van der Waals surface area contributed by atoms with E-state index in [1.54, 1.807) is 0 Å². The van der Waals surface area contributed by atoms with Crippen LogP contribution in [0.4, 0.5) is 13.2 Å². The molecule has 0 fully saturated rings. The maximum Gasteiger partial charge on any atom is 0.431 e. The van der Waals surface area contributed by atoms with Gasteiger partial charge in [0, 0.05) is 12.1 Å². The van der Waals surface area contributed by atoms with E-state index < -0.39 is 17.3 Å². The lowest BCUT2D eigenvalue weighted by Crippen LogP contribution is -2.14. The van der Waals surface area contributed by atoms with E-state index in [0.717, 1.165) is 0 Å². The maximum absolute atomic E-state index is 12.7. The molecule has 0 spiro atoms. The fraction of sp³-hybridized carbons (Fsp3) is 0.250. The summed E-state index contributed by atoms with van der Waals surface area (Å²) >= 11 is 5.96. The monoisotopic (exact) mass is 307 g/mol. The first-order valence-corrected chi connectivity index (χ1v) is 5.72. The molecule has 2 aromatic rings. The molecule has 1 aromatic heterocycles. The third-order valence-corrected chi connectivity index (χ3v) is 3.10. The second kappa shape index (κ2) is 4.90. The Kier molecular flexibility index (Phi) is 3.56. The van der Waals surface area contributed by atoms with Gasteiger partial charge in [0.1, 0.15) is 17.2 Å². The van der Waals surface area contributed by atoms with Gasteiger partial charge in [-0.3, -0.25) is 4.79 Å². The summed E-state index contributed by atoms with van der Waals surface area (Å²) in [7, 11) is 2.59. The zero-order valence-corrected chi connectivity index (χ0v) is 11.1. The molecule has 20 heavy (non-hydrogen) atoms. The second-order valence-electron chi connectivity index (χ2n) is 3.89. The summed E-state index contributed by atoms with van der Waals surface area (Å²) in [6.07, 6.45) is -4.68. The normalized spacial score (nSPS) is 11.7. The minimum absolute atomic E-state index is 0.0319. The molecular formula is C12H9ClF3NO3. The van der Waals surface area contributed by atoms with Crippen LogP contribution < -0.4 is 14.9 Å². The number of aromatic nitrogens is 1. The lowest BCUT2D eigenvalue weighted by molar-refractivity contribution is -0.141. The van der Waals surface area contributed by atoms with Crippen molar-refractivity contribution in [3.63, 3.8) is 0 Å². The molecule has 0 unspecified atom stereocenters. The van der Waals surface area contributed by atoms with Gasteiger partial charge in [-0.1, -0.05) is 11.6 Å². The average molecular weight is 308 g/mol. The largest absolute Gasteiger partial charge is 0.495 e. The molecule has 0 atom stereocenters. The van der Waals surface area contributed by atoms with Gasteiger partial charge in [-0.15, -0.1) is 0 Å². The van der Waals surface area contributed by atoms with E-state index in [1.807, 2.05) is 0 Å². The highest BCUT2D eigenvalue weighted by molar-refractivity contribution is 6.37. The van der Waals surface area contributed by atoms with Crippen LogP contribution in [0.5, 0.6) is 11.5 Å². The Hall–Kier alpha value is -1.89. The zero-order valence-electron chi connectivity index (χ0n) is 10.4. The van der Waals surface area contributed by atoms with Crippen LogP contribution >= 0.6 is 11.6 Å². The minimum Gasteiger partial charge on any atom is -0.495 e. The third kappa shape index (κ3) is 2.29. The maximum atomic E-state index is 12.7. The molecule has 4 nitrogen and oxygen atoms in total. The summed E-state index contributed by atoms with van der Waals surface area (Å²) in [5.74, 6) is 0.172. The molecule has 1 heterocycles. The van der Waals surface area contributed by atoms with E-state index >= 15 is 0 Å². The molecule has 1 N–H and O–H groups in total.